The molecular formula is C15H15NO4. The summed E-state index contributed by atoms with van der Waals surface area (Å²) < 4.78 is 4.95. The van der Waals surface area contributed by atoms with Gasteiger partial charge in [0.1, 0.15) is 17.2 Å². The van der Waals surface area contributed by atoms with E-state index in [9.17, 15) is 15.0 Å². The third-order valence-corrected chi connectivity index (χ3v) is 2.92. The second-order valence-electron chi connectivity index (χ2n) is 4.34. The van der Waals surface area contributed by atoms with Crippen molar-refractivity contribution in [2.24, 2.45) is 0 Å². The number of rotatable bonds is 3. The normalized spacial score (nSPS) is 10.1. The highest BCUT2D eigenvalue weighted by Gasteiger charge is 2.12. The predicted molar refractivity (Wildman–Crippen MR) is 75.5 cm³/mol. The van der Waals surface area contributed by atoms with Gasteiger partial charge in [-0.1, -0.05) is 6.07 Å². The lowest BCUT2D eigenvalue weighted by Crippen LogP contribution is -2.12. The Labute approximate surface area is 116 Å². The first kappa shape index (κ1) is 13.7. The van der Waals surface area contributed by atoms with Crippen LogP contribution in [0.5, 0.6) is 17.2 Å². The van der Waals surface area contributed by atoms with Crippen LogP contribution < -0.4 is 10.1 Å². The number of aromatic hydroxyl groups is 2. The molecule has 5 heteroatoms. The average molecular weight is 273 g/mol. The SMILES string of the molecule is COc1ccc(C(=O)Nc2ccc(C)c(O)c2)c(O)c1. The summed E-state index contributed by atoms with van der Waals surface area (Å²) in [7, 11) is 1.48. The Bertz CT molecular complexity index is 652. The van der Waals surface area contributed by atoms with Crippen LogP contribution in [0.4, 0.5) is 5.69 Å². The van der Waals surface area contributed by atoms with Gasteiger partial charge in [-0.3, -0.25) is 4.79 Å². The first-order valence-electron chi connectivity index (χ1n) is 5.99. The van der Waals surface area contributed by atoms with E-state index in [1.807, 2.05) is 0 Å². The number of methoxy groups -OCH3 is 1. The molecule has 0 saturated heterocycles. The van der Waals surface area contributed by atoms with Crippen molar-refractivity contribution < 1.29 is 19.7 Å². The lowest BCUT2D eigenvalue weighted by Gasteiger charge is -2.09. The molecule has 0 aromatic heterocycles. The number of phenols is 2. The maximum absolute atomic E-state index is 12.0. The number of carbonyl (C=O) groups is 1. The number of aryl methyl sites for hydroxylation is 1. The lowest BCUT2D eigenvalue weighted by molar-refractivity contribution is 0.102. The molecule has 0 saturated carbocycles. The molecule has 0 spiro atoms. The standard InChI is InChI=1S/C15H15NO4/c1-9-3-4-10(7-13(9)17)16-15(19)12-6-5-11(20-2)8-14(12)18/h3-8,17-18H,1-2H3,(H,16,19). The van der Waals surface area contributed by atoms with Gasteiger partial charge in [-0.25, -0.2) is 0 Å². The summed E-state index contributed by atoms with van der Waals surface area (Å²) in [6.07, 6.45) is 0. The molecule has 1 amide bonds. The molecule has 0 unspecified atom stereocenters. The van der Waals surface area contributed by atoms with Crippen LogP contribution in [0, 0.1) is 6.92 Å². The fraction of sp³-hybridized carbons (Fsp3) is 0.133. The van der Waals surface area contributed by atoms with Gasteiger partial charge < -0.3 is 20.3 Å². The number of anilines is 1. The number of benzene rings is 2. The molecule has 2 aromatic carbocycles. The average Bonchev–Trinajstić information content (AvgIpc) is 2.42. The van der Waals surface area contributed by atoms with Crippen LogP contribution in [0.1, 0.15) is 15.9 Å². The van der Waals surface area contributed by atoms with E-state index in [-0.39, 0.29) is 17.1 Å². The largest absolute Gasteiger partial charge is 0.508 e. The first-order valence-corrected chi connectivity index (χ1v) is 5.99. The number of amides is 1. The maximum Gasteiger partial charge on any atom is 0.259 e. The molecule has 0 atom stereocenters. The van der Waals surface area contributed by atoms with Gasteiger partial charge in [0.05, 0.1) is 12.7 Å². The summed E-state index contributed by atoms with van der Waals surface area (Å²) in [6.45, 7) is 1.76. The summed E-state index contributed by atoms with van der Waals surface area (Å²) in [5, 5.41) is 22.0. The van der Waals surface area contributed by atoms with Crippen LogP contribution in [0.2, 0.25) is 0 Å². The zero-order chi connectivity index (χ0) is 14.7. The number of ether oxygens (including phenoxy) is 1. The van der Waals surface area contributed by atoms with E-state index in [2.05, 4.69) is 5.32 Å². The minimum absolute atomic E-state index is 0.0988. The van der Waals surface area contributed by atoms with Gasteiger partial charge in [0.15, 0.2) is 0 Å². The number of hydrogen-bond donors (Lipinski definition) is 3. The summed E-state index contributed by atoms with van der Waals surface area (Å²) in [4.78, 5) is 12.0. The van der Waals surface area contributed by atoms with Crippen LogP contribution in [-0.2, 0) is 0 Å². The van der Waals surface area contributed by atoms with Gasteiger partial charge in [-0.2, -0.15) is 0 Å². The molecule has 0 radical (unpaired) electrons. The summed E-state index contributed by atoms with van der Waals surface area (Å²) in [6, 6.07) is 9.24. The van der Waals surface area contributed by atoms with E-state index in [0.717, 1.165) is 5.56 Å². The van der Waals surface area contributed by atoms with Gasteiger partial charge in [0.2, 0.25) is 0 Å². The Hall–Kier alpha value is -2.69. The summed E-state index contributed by atoms with van der Waals surface area (Å²) in [5.41, 5.74) is 1.30. The highest BCUT2D eigenvalue weighted by atomic mass is 16.5. The van der Waals surface area contributed by atoms with E-state index < -0.39 is 5.91 Å². The number of hydrogen-bond acceptors (Lipinski definition) is 4. The van der Waals surface area contributed by atoms with Crippen LogP contribution in [0.3, 0.4) is 0 Å². The number of nitrogens with one attached hydrogen (secondary N) is 1. The second-order valence-corrected chi connectivity index (χ2v) is 4.34. The van der Waals surface area contributed by atoms with Crippen LogP contribution in [-0.4, -0.2) is 23.2 Å². The fourth-order valence-corrected chi connectivity index (χ4v) is 1.72. The molecule has 3 N–H and O–H groups in total. The monoisotopic (exact) mass is 273 g/mol. The van der Waals surface area contributed by atoms with Crippen molar-refractivity contribution in [2.45, 2.75) is 6.92 Å². The second kappa shape index (κ2) is 5.52. The van der Waals surface area contributed by atoms with Crippen molar-refractivity contribution in [3.8, 4) is 17.2 Å². The molecule has 0 heterocycles. The van der Waals surface area contributed by atoms with E-state index in [1.54, 1.807) is 25.1 Å². The summed E-state index contributed by atoms with van der Waals surface area (Å²) in [5.74, 6) is -0.0691. The smallest absolute Gasteiger partial charge is 0.259 e. The van der Waals surface area contributed by atoms with Crippen molar-refractivity contribution in [1.29, 1.82) is 0 Å². The van der Waals surface area contributed by atoms with E-state index >= 15 is 0 Å². The Morgan fingerprint density at radius 3 is 2.45 bits per heavy atom. The number of phenolic OH excluding ortho intramolecular Hbond substituents is 2. The highest BCUT2D eigenvalue weighted by Crippen LogP contribution is 2.25. The van der Waals surface area contributed by atoms with E-state index in [1.165, 1.54) is 25.3 Å². The predicted octanol–water partition coefficient (Wildman–Crippen LogP) is 2.67. The van der Waals surface area contributed by atoms with E-state index in [4.69, 9.17) is 4.74 Å². The van der Waals surface area contributed by atoms with Crippen molar-refractivity contribution >= 4 is 11.6 Å². The van der Waals surface area contributed by atoms with Crippen molar-refractivity contribution in [3.63, 3.8) is 0 Å². The molecule has 104 valence electrons. The molecule has 0 aliphatic carbocycles. The van der Waals surface area contributed by atoms with Gasteiger partial charge in [-0.15, -0.1) is 0 Å². The third kappa shape index (κ3) is 2.83. The van der Waals surface area contributed by atoms with Crippen molar-refractivity contribution in [2.75, 3.05) is 12.4 Å². The maximum atomic E-state index is 12.0. The number of carbonyl (C=O) groups excluding carboxylic acids is 1. The topological polar surface area (TPSA) is 78.8 Å². The van der Waals surface area contributed by atoms with Gasteiger partial charge in [0.25, 0.3) is 5.91 Å². The highest BCUT2D eigenvalue weighted by molar-refractivity contribution is 6.06. The molecule has 0 fully saturated rings. The van der Waals surface area contributed by atoms with Crippen LogP contribution in [0.25, 0.3) is 0 Å². The molecular weight excluding hydrogens is 258 g/mol. The minimum Gasteiger partial charge on any atom is -0.508 e. The first-order chi connectivity index (χ1) is 9.51. The van der Waals surface area contributed by atoms with Gasteiger partial charge in [0, 0.05) is 17.8 Å². The molecule has 0 bridgehead atoms. The zero-order valence-corrected chi connectivity index (χ0v) is 11.2. The van der Waals surface area contributed by atoms with Crippen LogP contribution >= 0.6 is 0 Å². The molecule has 0 aliphatic heterocycles. The quantitative estimate of drug-likeness (QED) is 0.803. The Morgan fingerprint density at radius 2 is 1.85 bits per heavy atom. The summed E-state index contributed by atoms with van der Waals surface area (Å²) >= 11 is 0. The van der Waals surface area contributed by atoms with Crippen molar-refractivity contribution in [3.05, 3.63) is 47.5 Å². The van der Waals surface area contributed by atoms with Crippen LogP contribution in [0.15, 0.2) is 36.4 Å². The molecule has 5 nitrogen and oxygen atoms in total. The molecule has 2 rings (SSSR count). The third-order valence-electron chi connectivity index (χ3n) is 2.92. The molecule has 0 aliphatic rings. The molecule has 20 heavy (non-hydrogen) atoms. The van der Waals surface area contributed by atoms with Gasteiger partial charge in [-0.05, 0) is 30.7 Å². The minimum atomic E-state index is -0.464. The Balaban J connectivity index is 2.21. The Morgan fingerprint density at radius 1 is 1.10 bits per heavy atom. The zero-order valence-electron chi connectivity index (χ0n) is 11.2. The molecule has 2 aromatic rings. The van der Waals surface area contributed by atoms with Gasteiger partial charge >= 0.3 is 0 Å². The van der Waals surface area contributed by atoms with Crippen molar-refractivity contribution in [1.82, 2.24) is 0 Å². The lowest BCUT2D eigenvalue weighted by atomic mass is 10.1. The Kier molecular flexibility index (Phi) is 3.79. The van der Waals surface area contributed by atoms with E-state index in [0.29, 0.717) is 11.4 Å². The fourth-order valence-electron chi connectivity index (χ4n) is 1.72.